The molecule has 2 N–H and O–H groups in total. The minimum atomic E-state index is -0.221. The zero-order valence-corrected chi connectivity index (χ0v) is 11.3. The fourth-order valence-electron chi connectivity index (χ4n) is 2.43. The van der Waals surface area contributed by atoms with Crippen LogP contribution in [0.25, 0.3) is 0 Å². The van der Waals surface area contributed by atoms with Crippen LogP contribution in [-0.2, 0) is 6.54 Å². The summed E-state index contributed by atoms with van der Waals surface area (Å²) < 4.78 is 0. The van der Waals surface area contributed by atoms with E-state index in [2.05, 4.69) is 20.2 Å². The molecule has 2 heterocycles. The second kappa shape index (κ2) is 5.63. The van der Waals surface area contributed by atoms with Crippen molar-refractivity contribution in [3.63, 3.8) is 0 Å². The standard InChI is InChI=1S/C13H22N4O/c1-9-6-12(14-3)16-13(15-9)8-17-5-4-11(7-17)10(2)18/h6,10-11,18H,4-5,7-8H2,1-3H3,(H,14,15,16). The number of hydrogen-bond donors (Lipinski definition) is 2. The molecule has 2 rings (SSSR count). The molecule has 2 atom stereocenters. The molecule has 0 radical (unpaired) electrons. The molecule has 0 spiro atoms. The number of aliphatic hydroxyl groups excluding tert-OH is 1. The van der Waals surface area contributed by atoms with E-state index in [1.54, 1.807) is 0 Å². The lowest BCUT2D eigenvalue weighted by molar-refractivity contribution is 0.127. The zero-order valence-electron chi connectivity index (χ0n) is 11.3. The van der Waals surface area contributed by atoms with Crippen molar-refractivity contribution in [2.45, 2.75) is 32.9 Å². The Hall–Kier alpha value is -1.20. The largest absolute Gasteiger partial charge is 0.393 e. The number of aliphatic hydroxyl groups is 1. The summed E-state index contributed by atoms with van der Waals surface area (Å²) in [4.78, 5) is 11.2. The van der Waals surface area contributed by atoms with Crippen LogP contribution in [0.15, 0.2) is 6.07 Å². The first-order chi connectivity index (χ1) is 8.58. The van der Waals surface area contributed by atoms with E-state index in [-0.39, 0.29) is 6.10 Å². The predicted octanol–water partition coefficient (Wildman–Crippen LogP) is 1.03. The molecule has 0 saturated carbocycles. The fourth-order valence-corrected chi connectivity index (χ4v) is 2.43. The van der Waals surface area contributed by atoms with E-state index in [1.165, 1.54) is 0 Å². The van der Waals surface area contributed by atoms with Gasteiger partial charge in [-0.15, -0.1) is 0 Å². The Balaban J connectivity index is 2.00. The molecule has 0 aliphatic carbocycles. The van der Waals surface area contributed by atoms with Crippen molar-refractivity contribution in [1.82, 2.24) is 14.9 Å². The van der Waals surface area contributed by atoms with Crippen molar-refractivity contribution in [3.05, 3.63) is 17.6 Å². The summed E-state index contributed by atoms with van der Waals surface area (Å²) in [6.45, 7) is 6.57. The Morgan fingerprint density at radius 2 is 2.33 bits per heavy atom. The van der Waals surface area contributed by atoms with Gasteiger partial charge < -0.3 is 10.4 Å². The Bertz CT molecular complexity index is 408. The second-order valence-electron chi connectivity index (χ2n) is 5.09. The van der Waals surface area contributed by atoms with Crippen LogP contribution in [0.1, 0.15) is 24.9 Å². The first-order valence-corrected chi connectivity index (χ1v) is 6.51. The molecule has 5 nitrogen and oxygen atoms in total. The minimum Gasteiger partial charge on any atom is -0.393 e. The smallest absolute Gasteiger partial charge is 0.144 e. The van der Waals surface area contributed by atoms with Crippen molar-refractivity contribution in [1.29, 1.82) is 0 Å². The summed E-state index contributed by atoms with van der Waals surface area (Å²) in [5, 5.41) is 12.6. The molecular formula is C13H22N4O. The van der Waals surface area contributed by atoms with Crippen LogP contribution in [0.5, 0.6) is 0 Å². The van der Waals surface area contributed by atoms with Gasteiger partial charge in [-0.2, -0.15) is 0 Å². The lowest BCUT2D eigenvalue weighted by Crippen LogP contribution is -2.25. The number of nitrogens with one attached hydrogen (secondary N) is 1. The monoisotopic (exact) mass is 250 g/mol. The molecular weight excluding hydrogens is 228 g/mol. The average Bonchev–Trinajstić information content (AvgIpc) is 2.76. The Morgan fingerprint density at radius 1 is 1.56 bits per heavy atom. The molecule has 1 saturated heterocycles. The quantitative estimate of drug-likeness (QED) is 0.835. The Morgan fingerprint density at radius 3 is 2.94 bits per heavy atom. The van der Waals surface area contributed by atoms with Gasteiger partial charge in [0.15, 0.2) is 0 Å². The van der Waals surface area contributed by atoms with Gasteiger partial charge in [0.25, 0.3) is 0 Å². The van der Waals surface area contributed by atoms with Crippen molar-refractivity contribution >= 4 is 5.82 Å². The highest BCUT2D eigenvalue weighted by atomic mass is 16.3. The molecule has 18 heavy (non-hydrogen) atoms. The summed E-state index contributed by atoms with van der Waals surface area (Å²) in [5.41, 5.74) is 0.982. The zero-order chi connectivity index (χ0) is 13.1. The summed E-state index contributed by atoms with van der Waals surface area (Å²) in [6.07, 6.45) is 0.837. The van der Waals surface area contributed by atoms with E-state index >= 15 is 0 Å². The SMILES string of the molecule is CNc1cc(C)nc(CN2CCC(C(C)O)C2)n1. The number of aryl methyl sites for hydroxylation is 1. The molecule has 1 aliphatic heterocycles. The van der Waals surface area contributed by atoms with Crippen molar-refractivity contribution in [2.24, 2.45) is 5.92 Å². The van der Waals surface area contributed by atoms with E-state index in [1.807, 2.05) is 27.0 Å². The van der Waals surface area contributed by atoms with Crippen LogP contribution in [-0.4, -0.2) is 46.2 Å². The highest BCUT2D eigenvalue weighted by Gasteiger charge is 2.26. The molecule has 1 fully saturated rings. The van der Waals surface area contributed by atoms with Gasteiger partial charge in [0.2, 0.25) is 0 Å². The first kappa shape index (κ1) is 13.2. The molecule has 5 heteroatoms. The summed E-state index contributed by atoms with van der Waals surface area (Å²) in [5.74, 6) is 2.10. The van der Waals surface area contributed by atoms with Crippen LogP contribution >= 0.6 is 0 Å². The highest BCUT2D eigenvalue weighted by molar-refractivity contribution is 5.34. The topological polar surface area (TPSA) is 61.3 Å². The van der Waals surface area contributed by atoms with E-state index < -0.39 is 0 Å². The Kier molecular flexibility index (Phi) is 4.14. The fraction of sp³-hybridized carbons (Fsp3) is 0.692. The normalized spacial score (nSPS) is 22.1. The van der Waals surface area contributed by atoms with Gasteiger partial charge in [-0.05, 0) is 32.7 Å². The van der Waals surface area contributed by atoms with Gasteiger partial charge in [0.05, 0.1) is 12.6 Å². The lowest BCUT2D eigenvalue weighted by atomic mass is 10.0. The maximum absolute atomic E-state index is 9.59. The molecule has 1 aliphatic rings. The van der Waals surface area contributed by atoms with Crippen LogP contribution in [0.3, 0.4) is 0 Å². The molecule has 0 amide bonds. The lowest BCUT2D eigenvalue weighted by Gasteiger charge is -2.17. The maximum Gasteiger partial charge on any atom is 0.144 e. The highest BCUT2D eigenvalue weighted by Crippen LogP contribution is 2.21. The molecule has 1 aromatic rings. The van der Waals surface area contributed by atoms with Crippen molar-refractivity contribution in [2.75, 3.05) is 25.5 Å². The summed E-state index contributed by atoms with van der Waals surface area (Å²) in [7, 11) is 1.87. The third-order valence-corrected chi connectivity index (χ3v) is 3.51. The Labute approximate surface area is 108 Å². The molecule has 100 valence electrons. The molecule has 0 bridgehead atoms. The summed E-state index contributed by atoms with van der Waals surface area (Å²) in [6, 6.07) is 1.94. The van der Waals surface area contributed by atoms with Crippen LogP contribution < -0.4 is 5.32 Å². The van der Waals surface area contributed by atoms with E-state index in [9.17, 15) is 5.11 Å². The molecule has 2 unspecified atom stereocenters. The average molecular weight is 250 g/mol. The van der Waals surface area contributed by atoms with Crippen LogP contribution in [0.2, 0.25) is 0 Å². The van der Waals surface area contributed by atoms with Crippen molar-refractivity contribution < 1.29 is 5.11 Å². The van der Waals surface area contributed by atoms with Gasteiger partial charge in [0, 0.05) is 25.4 Å². The molecule has 0 aromatic carbocycles. The predicted molar refractivity (Wildman–Crippen MR) is 71.4 cm³/mol. The van der Waals surface area contributed by atoms with Gasteiger partial charge in [-0.25, -0.2) is 9.97 Å². The number of anilines is 1. The number of rotatable bonds is 4. The van der Waals surface area contributed by atoms with E-state index in [0.717, 1.165) is 43.4 Å². The molecule has 1 aromatic heterocycles. The van der Waals surface area contributed by atoms with Gasteiger partial charge >= 0.3 is 0 Å². The first-order valence-electron chi connectivity index (χ1n) is 6.51. The van der Waals surface area contributed by atoms with E-state index in [0.29, 0.717) is 5.92 Å². The van der Waals surface area contributed by atoms with Gasteiger partial charge in [-0.1, -0.05) is 0 Å². The number of likely N-dealkylation sites (tertiary alicyclic amines) is 1. The third-order valence-electron chi connectivity index (χ3n) is 3.51. The van der Waals surface area contributed by atoms with Crippen LogP contribution in [0, 0.1) is 12.8 Å². The van der Waals surface area contributed by atoms with E-state index in [4.69, 9.17) is 0 Å². The maximum atomic E-state index is 9.59. The van der Waals surface area contributed by atoms with Gasteiger partial charge in [-0.3, -0.25) is 4.90 Å². The third kappa shape index (κ3) is 3.17. The van der Waals surface area contributed by atoms with Crippen LogP contribution in [0.4, 0.5) is 5.82 Å². The second-order valence-corrected chi connectivity index (χ2v) is 5.09. The van der Waals surface area contributed by atoms with Gasteiger partial charge in [0.1, 0.15) is 11.6 Å². The van der Waals surface area contributed by atoms with Crippen molar-refractivity contribution in [3.8, 4) is 0 Å². The summed E-state index contributed by atoms with van der Waals surface area (Å²) >= 11 is 0. The number of hydrogen-bond acceptors (Lipinski definition) is 5. The number of aromatic nitrogens is 2. The minimum absolute atomic E-state index is 0.221. The number of nitrogens with zero attached hydrogens (tertiary/aromatic N) is 3.